The van der Waals surface area contributed by atoms with Crippen molar-refractivity contribution in [2.24, 2.45) is 0 Å². The summed E-state index contributed by atoms with van der Waals surface area (Å²) in [7, 11) is 0. The molecular weight excluding hydrogens is 288 g/mol. The number of piperidine rings is 1. The van der Waals surface area contributed by atoms with Gasteiger partial charge in [-0.05, 0) is 68.8 Å². The first-order chi connectivity index (χ1) is 11.2. The van der Waals surface area contributed by atoms with Gasteiger partial charge in [-0.15, -0.1) is 0 Å². The zero-order valence-electron chi connectivity index (χ0n) is 14.3. The Hall–Kier alpha value is -1.55. The number of rotatable bonds is 5. The van der Waals surface area contributed by atoms with Crippen LogP contribution in [-0.2, 0) is 17.6 Å². The summed E-state index contributed by atoms with van der Waals surface area (Å²) in [5, 5.41) is 3.15. The lowest BCUT2D eigenvalue weighted by Crippen LogP contribution is -2.48. The molecule has 0 saturated carbocycles. The molecule has 1 N–H and O–H groups in total. The minimum Gasteiger partial charge on any atom is -0.481 e. The van der Waals surface area contributed by atoms with E-state index in [4.69, 9.17) is 4.74 Å². The summed E-state index contributed by atoms with van der Waals surface area (Å²) in [6.45, 7) is 7.26. The highest BCUT2D eigenvalue weighted by molar-refractivity contribution is 5.81. The van der Waals surface area contributed by atoms with Gasteiger partial charge in [0.15, 0.2) is 6.10 Å². The Morgan fingerprint density at radius 2 is 2.04 bits per heavy atom. The molecule has 1 aromatic carbocycles. The van der Waals surface area contributed by atoms with Crippen molar-refractivity contribution in [3.05, 3.63) is 29.3 Å². The molecule has 0 spiro atoms. The first-order valence-corrected chi connectivity index (χ1v) is 8.97. The summed E-state index contributed by atoms with van der Waals surface area (Å²) in [4.78, 5) is 14.8. The molecule has 1 aliphatic carbocycles. The molecule has 23 heavy (non-hydrogen) atoms. The van der Waals surface area contributed by atoms with Crippen LogP contribution in [0.2, 0.25) is 0 Å². The van der Waals surface area contributed by atoms with E-state index >= 15 is 0 Å². The molecule has 3 rings (SSSR count). The zero-order chi connectivity index (χ0) is 16.2. The number of carbonyl (C=O) groups is 1. The van der Waals surface area contributed by atoms with Crippen LogP contribution in [0.1, 0.15) is 44.2 Å². The summed E-state index contributed by atoms with van der Waals surface area (Å²) >= 11 is 0. The largest absolute Gasteiger partial charge is 0.481 e. The number of amides is 1. The number of nitrogens with one attached hydrogen (secondary N) is 1. The Kier molecular flexibility index (Phi) is 5.21. The molecule has 1 amide bonds. The summed E-state index contributed by atoms with van der Waals surface area (Å²) in [6, 6.07) is 6.53. The fraction of sp³-hybridized carbons (Fsp3) is 0.632. The van der Waals surface area contributed by atoms with E-state index in [0.717, 1.165) is 44.6 Å². The fourth-order valence-electron chi connectivity index (χ4n) is 3.59. The first kappa shape index (κ1) is 16.3. The minimum absolute atomic E-state index is 0.000414. The van der Waals surface area contributed by atoms with Crippen LogP contribution in [0, 0.1) is 0 Å². The number of benzene rings is 1. The molecule has 126 valence electrons. The lowest BCUT2D eigenvalue weighted by atomic mass is 10.0. The molecule has 4 heteroatoms. The summed E-state index contributed by atoms with van der Waals surface area (Å²) in [5.74, 6) is 0.814. The number of nitrogens with zero attached hydrogens (tertiary/aromatic N) is 1. The molecule has 0 aromatic heterocycles. The number of aryl methyl sites for hydroxylation is 2. The van der Waals surface area contributed by atoms with Crippen molar-refractivity contribution in [3.63, 3.8) is 0 Å². The molecule has 2 aliphatic rings. The van der Waals surface area contributed by atoms with Crippen LogP contribution in [0.15, 0.2) is 18.2 Å². The van der Waals surface area contributed by atoms with Gasteiger partial charge in [0.25, 0.3) is 5.91 Å². The van der Waals surface area contributed by atoms with E-state index in [1.807, 2.05) is 13.0 Å². The van der Waals surface area contributed by atoms with Crippen molar-refractivity contribution in [1.82, 2.24) is 10.2 Å². The predicted molar refractivity (Wildman–Crippen MR) is 91.8 cm³/mol. The van der Waals surface area contributed by atoms with Gasteiger partial charge in [-0.2, -0.15) is 0 Å². The molecular formula is C19H28N2O2. The smallest absolute Gasteiger partial charge is 0.260 e. The van der Waals surface area contributed by atoms with Crippen molar-refractivity contribution in [2.75, 3.05) is 19.6 Å². The van der Waals surface area contributed by atoms with E-state index in [-0.39, 0.29) is 11.9 Å². The molecule has 4 nitrogen and oxygen atoms in total. The quantitative estimate of drug-likeness (QED) is 0.908. The maximum Gasteiger partial charge on any atom is 0.260 e. The van der Waals surface area contributed by atoms with E-state index in [1.165, 1.54) is 24.0 Å². The van der Waals surface area contributed by atoms with Crippen LogP contribution in [-0.4, -0.2) is 42.6 Å². The number of ether oxygens (including phenoxy) is 1. The Morgan fingerprint density at radius 3 is 2.78 bits per heavy atom. The van der Waals surface area contributed by atoms with Crippen molar-refractivity contribution < 1.29 is 9.53 Å². The van der Waals surface area contributed by atoms with E-state index < -0.39 is 6.10 Å². The molecule has 1 unspecified atom stereocenters. The van der Waals surface area contributed by atoms with Crippen LogP contribution >= 0.6 is 0 Å². The van der Waals surface area contributed by atoms with Crippen LogP contribution < -0.4 is 10.1 Å². The van der Waals surface area contributed by atoms with Gasteiger partial charge in [0, 0.05) is 19.1 Å². The molecule has 1 fully saturated rings. The number of fused-ring (bicyclic) bond motifs is 1. The van der Waals surface area contributed by atoms with E-state index in [0.29, 0.717) is 0 Å². The summed E-state index contributed by atoms with van der Waals surface area (Å²) < 4.78 is 5.86. The number of carbonyl (C=O) groups excluding carboxylic acids is 1. The number of hydrogen-bond acceptors (Lipinski definition) is 3. The maximum absolute atomic E-state index is 12.4. The third-order valence-electron chi connectivity index (χ3n) is 5.13. The highest BCUT2D eigenvalue weighted by Crippen LogP contribution is 2.26. The van der Waals surface area contributed by atoms with E-state index in [1.54, 1.807) is 0 Å². The van der Waals surface area contributed by atoms with Gasteiger partial charge >= 0.3 is 0 Å². The van der Waals surface area contributed by atoms with Crippen LogP contribution in [0.25, 0.3) is 0 Å². The van der Waals surface area contributed by atoms with Crippen molar-refractivity contribution in [3.8, 4) is 5.75 Å². The number of hydrogen-bond donors (Lipinski definition) is 1. The Labute approximate surface area is 139 Å². The second-order valence-corrected chi connectivity index (χ2v) is 6.76. The molecule has 1 aromatic rings. The van der Waals surface area contributed by atoms with Crippen LogP contribution in [0.4, 0.5) is 0 Å². The second kappa shape index (κ2) is 7.35. The first-order valence-electron chi connectivity index (χ1n) is 8.97. The summed E-state index contributed by atoms with van der Waals surface area (Å²) in [6.07, 6.45) is 5.14. The van der Waals surface area contributed by atoms with Crippen LogP contribution in [0.3, 0.4) is 0 Å². The third kappa shape index (κ3) is 4.05. The average molecular weight is 316 g/mol. The zero-order valence-corrected chi connectivity index (χ0v) is 14.3. The van der Waals surface area contributed by atoms with Gasteiger partial charge in [0.05, 0.1) is 0 Å². The van der Waals surface area contributed by atoms with Gasteiger partial charge in [-0.3, -0.25) is 4.79 Å². The second-order valence-electron chi connectivity index (χ2n) is 6.76. The third-order valence-corrected chi connectivity index (χ3v) is 5.13. The average Bonchev–Trinajstić information content (AvgIpc) is 3.03. The Balaban J connectivity index is 1.50. The van der Waals surface area contributed by atoms with Gasteiger partial charge in [0.2, 0.25) is 0 Å². The lowest BCUT2D eigenvalue weighted by Gasteiger charge is -2.32. The van der Waals surface area contributed by atoms with Crippen molar-refractivity contribution in [2.45, 2.75) is 58.1 Å². The highest BCUT2D eigenvalue weighted by atomic mass is 16.5. The van der Waals surface area contributed by atoms with Crippen molar-refractivity contribution >= 4 is 5.91 Å². The standard InChI is InChI=1S/C19H28N2O2/c1-3-21-11-9-17(10-12-21)20-19(22)14(2)23-18-8-7-15-5-4-6-16(15)13-18/h7-8,13-14,17H,3-6,9-12H2,1-2H3,(H,20,22). The Morgan fingerprint density at radius 1 is 1.30 bits per heavy atom. The fourth-order valence-corrected chi connectivity index (χ4v) is 3.59. The molecule has 1 atom stereocenters. The van der Waals surface area contributed by atoms with E-state index in [2.05, 4.69) is 29.3 Å². The normalized spacial score (nSPS) is 20.1. The highest BCUT2D eigenvalue weighted by Gasteiger charge is 2.23. The molecule has 0 radical (unpaired) electrons. The molecule has 1 saturated heterocycles. The number of likely N-dealkylation sites (tertiary alicyclic amines) is 1. The van der Waals surface area contributed by atoms with Gasteiger partial charge in [0.1, 0.15) is 5.75 Å². The van der Waals surface area contributed by atoms with Gasteiger partial charge in [-0.1, -0.05) is 13.0 Å². The molecule has 1 heterocycles. The summed E-state index contributed by atoms with van der Waals surface area (Å²) in [5.41, 5.74) is 2.80. The predicted octanol–water partition coefficient (Wildman–Crippen LogP) is 2.54. The molecule has 1 aliphatic heterocycles. The topological polar surface area (TPSA) is 41.6 Å². The van der Waals surface area contributed by atoms with Crippen LogP contribution in [0.5, 0.6) is 5.75 Å². The van der Waals surface area contributed by atoms with Gasteiger partial charge in [-0.25, -0.2) is 0 Å². The van der Waals surface area contributed by atoms with Crippen molar-refractivity contribution in [1.29, 1.82) is 0 Å². The molecule has 0 bridgehead atoms. The Bertz CT molecular complexity index is 550. The lowest BCUT2D eigenvalue weighted by molar-refractivity contribution is -0.128. The minimum atomic E-state index is -0.446. The monoisotopic (exact) mass is 316 g/mol. The van der Waals surface area contributed by atoms with Gasteiger partial charge < -0.3 is 15.0 Å². The van der Waals surface area contributed by atoms with E-state index in [9.17, 15) is 4.79 Å². The SMILES string of the molecule is CCN1CCC(NC(=O)C(C)Oc2ccc3c(c2)CCC3)CC1. The maximum atomic E-state index is 12.4.